The van der Waals surface area contributed by atoms with Crippen LogP contribution < -0.4 is 5.32 Å². The van der Waals surface area contributed by atoms with E-state index in [9.17, 15) is 9.90 Å². The summed E-state index contributed by atoms with van der Waals surface area (Å²) in [7, 11) is 0. The second-order valence-corrected chi connectivity index (χ2v) is 5.77. The molecule has 1 heterocycles. The van der Waals surface area contributed by atoms with Gasteiger partial charge in [0.15, 0.2) is 0 Å². The monoisotopic (exact) mass is 302 g/mol. The molecule has 0 aliphatic heterocycles. The summed E-state index contributed by atoms with van der Waals surface area (Å²) in [5.41, 5.74) is 1.45. The predicted octanol–water partition coefficient (Wildman–Crippen LogP) is 2.41. The number of hydrogen-bond acceptors (Lipinski definition) is 4. The van der Waals surface area contributed by atoms with E-state index in [1.807, 2.05) is 44.2 Å². The first-order valence-corrected chi connectivity index (χ1v) is 7.49. The molecule has 0 saturated carbocycles. The normalized spacial score (nSPS) is 12.4. The fourth-order valence-corrected chi connectivity index (χ4v) is 2.19. The topological polar surface area (TPSA) is 75.4 Å². The summed E-state index contributed by atoms with van der Waals surface area (Å²) in [5.74, 6) is 0.731. The molecule has 1 aromatic heterocycles. The van der Waals surface area contributed by atoms with E-state index in [0.29, 0.717) is 23.9 Å². The number of benzene rings is 1. The van der Waals surface area contributed by atoms with E-state index in [1.54, 1.807) is 0 Å². The molecule has 118 valence electrons. The number of amides is 1. The van der Waals surface area contributed by atoms with Crippen LogP contribution in [0.25, 0.3) is 11.5 Å². The number of oxazole rings is 1. The Morgan fingerprint density at radius 3 is 2.73 bits per heavy atom. The average Bonchev–Trinajstić information content (AvgIpc) is 2.94. The lowest BCUT2D eigenvalue weighted by Crippen LogP contribution is -2.33. The third-order valence-corrected chi connectivity index (χ3v) is 3.19. The minimum atomic E-state index is -0.513. The van der Waals surface area contributed by atoms with Crippen molar-refractivity contribution in [1.82, 2.24) is 10.3 Å². The molecule has 0 aliphatic carbocycles. The first-order chi connectivity index (χ1) is 10.5. The number of aromatic nitrogens is 1. The van der Waals surface area contributed by atoms with Crippen LogP contribution in [0.1, 0.15) is 26.0 Å². The van der Waals surface area contributed by atoms with Gasteiger partial charge in [-0.05, 0) is 24.5 Å². The third-order valence-electron chi connectivity index (χ3n) is 3.19. The maximum absolute atomic E-state index is 11.8. The zero-order valence-electron chi connectivity index (χ0n) is 13.0. The molecule has 1 unspecified atom stereocenters. The van der Waals surface area contributed by atoms with Crippen molar-refractivity contribution in [3.05, 3.63) is 42.3 Å². The van der Waals surface area contributed by atoms with E-state index in [1.165, 1.54) is 6.26 Å². The SMILES string of the molecule is CC(C)CC(O)CNC(=O)Cc1coc(-c2ccccc2)n1. The van der Waals surface area contributed by atoms with Gasteiger partial charge in [-0.3, -0.25) is 4.79 Å². The predicted molar refractivity (Wildman–Crippen MR) is 84.1 cm³/mol. The van der Waals surface area contributed by atoms with Crippen LogP contribution in [-0.2, 0) is 11.2 Å². The van der Waals surface area contributed by atoms with Gasteiger partial charge in [0.05, 0.1) is 18.2 Å². The molecule has 0 saturated heterocycles. The van der Waals surface area contributed by atoms with E-state index < -0.39 is 6.10 Å². The molecule has 0 radical (unpaired) electrons. The number of rotatable bonds is 7. The standard InChI is InChI=1S/C17H22N2O3/c1-12(2)8-15(20)10-18-16(21)9-14-11-22-17(19-14)13-6-4-3-5-7-13/h3-7,11-12,15,20H,8-10H2,1-2H3,(H,18,21). The Kier molecular flexibility index (Phi) is 5.72. The fourth-order valence-electron chi connectivity index (χ4n) is 2.19. The third kappa shape index (κ3) is 5.00. The molecule has 1 amide bonds. The van der Waals surface area contributed by atoms with Crippen molar-refractivity contribution in [2.45, 2.75) is 32.8 Å². The Labute approximate surface area is 130 Å². The molecule has 2 N–H and O–H groups in total. The Morgan fingerprint density at radius 1 is 1.32 bits per heavy atom. The first kappa shape index (κ1) is 16.2. The number of aliphatic hydroxyl groups is 1. The van der Waals surface area contributed by atoms with Gasteiger partial charge in [-0.15, -0.1) is 0 Å². The molecule has 1 aromatic carbocycles. The van der Waals surface area contributed by atoms with Crippen molar-refractivity contribution in [2.75, 3.05) is 6.54 Å². The number of nitrogens with zero attached hydrogens (tertiary/aromatic N) is 1. The molecule has 0 aliphatic rings. The van der Waals surface area contributed by atoms with Crippen LogP contribution >= 0.6 is 0 Å². The van der Waals surface area contributed by atoms with E-state index in [0.717, 1.165) is 5.56 Å². The maximum Gasteiger partial charge on any atom is 0.226 e. The van der Waals surface area contributed by atoms with Gasteiger partial charge in [-0.25, -0.2) is 4.98 Å². The number of carbonyl (C=O) groups is 1. The maximum atomic E-state index is 11.8. The molecule has 0 bridgehead atoms. The summed E-state index contributed by atoms with van der Waals surface area (Å²) < 4.78 is 5.39. The number of carbonyl (C=O) groups excluding carboxylic acids is 1. The highest BCUT2D eigenvalue weighted by atomic mass is 16.3. The molecule has 1 atom stereocenters. The van der Waals surface area contributed by atoms with Crippen LogP contribution in [0.3, 0.4) is 0 Å². The lowest BCUT2D eigenvalue weighted by atomic mass is 10.1. The smallest absolute Gasteiger partial charge is 0.226 e. The second-order valence-electron chi connectivity index (χ2n) is 5.77. The van der Waals surface area contributed by atoms with Crippen molar-refractivity contribution < 1.29 is 14.3 Å². The molecular weight excluding hydrogens is 280 g/mol. The summed E-state index contributed by atoms with van der Waals surface area (Å²) in [6.45, 7) is 4.33. The van der Waals surface area contributed by atoms with Crippen LogP contribution in [0, 0.1) is 5.92 Å². The number of hydrogen-bond donors (Lipinski definition) is 2. The number of aliphatic hydroxyl groups excluding tert-OH is 1. The van der Waals surface area contributed by atoms with Gasteiger partial charge in [-0.2, -0.15) is 0 Å². The zero-order chi connectivity index (χ0) is 15.9. The fraction of sp³-hybridized carbons (Fsp3) is 0.412. The minimum absolute atomic E-state index is 0.144. The largest absolute Gasteiger partial charge is 0.444 e. The molecular formula is C17H22N2O3. The first-order valence-electron chi connectivity index (χ1n) is 7.49. The summed E-state index contributed by atoms with van der Waals surface area (Å²) in [4.78, 5) is 16.2. The average molecular weight is 302 g/mol. The van der Waals surface area contributed by atoms with Crippen molar-refractivity contribution in [1.29, 1.82) is 0 Å². The molecule has 2 rings (SSSR count). The Morgan fingerprint density at radius 2 is 2.05 bits per heavy atom. The Balaban J connectivity index is 1.84. The van der Waals surface area contributed by atoms with E-state index >= 15 is 0 Å². The van der Waals surface area contributed by atoms with Crippen molar-refractivity contribution in [3.8, 4) is 11.5 Å². The minimum Gasteiger partial charge on any atom is -0.444 e. The lowest BCUT2D eigenvalue weighted by molar-refractivity contribution is -0.121. The molecule has 5 nitrogen and oxygen atoms in total. The molecule has 5 heteroatoms. The Bertz CT molecular complexity index is 593. The van der Waals surface area contributed by atoms with Gasteiger partial charge in [0.25, 0.3) is 0 Å². The second kappa shape index (κ2) is 7.75. The highest BCUT2D eigenvalue weighted by Crippen LogP contribution is 2.18. The van der Waals surface area contributed by atoms with Crippen molar-refractivity contribution >= 4 is 5.91 Å². The summed E-state index contributed by atoms with van der Waals surface area (Å²) in [6, 6.07) is 9.53. The van der Waals surface area contributed by atoms with Crippen LogP contribution in [0.2, 0.25) is 0 Å². The molecule has 0 fully saturated rings. The quantitative estimate of drug-likeness (QED) is 0.823. The van der Waals surface area contributed by atoms with Crippen molar-refractivity contribution in [2.24, 2.45) is 5.92 Å². The van der Waals surface area contributed by atoms with Crippen LogP contribution in [0.15, 0.2) is 41.0 Å². The number of nitrogens with one attached hydrogen (secondary N) is 1. The van der Waals surface area contributed by atoms with E-state index in [-0.39, 0.29) is 18.9 Å². The van der Waals surface area contributed by atoms with Gasteiger partial charge >= 0.3 is 0 Å². The van der Waals surface area contributed by atoms with Crippen LogP contribution in [0.5, 0.6) is 0 Å². The van der Waals surface area contributed by atoms with Gasteiger partial charge < -0.3 is 14.8 Å². The lowest BCUT2D eigenvalue weighted by Gasteiger charge is -2.13. The van der Waals surface area contributed by atoms with Gasteiger partial charge in [-0.1, -0.05) is 32.0 Å². The molecule has 22 heavy (non-hydrogen) atoms. The van der Waals surface area contributed by atoms with Crippen LogP contribution in [-0.4, -0.2) is 28.6 Å². The van der Waals surface area contributed by atoms with Crippen molar-refractivity contribution in [3.63, 3.8) is 0 Å². The van der Waals surface area contributed by atoms with E-state index in [2.05, 4.69) is 10.3 Å². The zero-order valence-corrected chi connectivity index (χ0v) is 13.0. The molecule has 0 spiro atoms. The Hall–Kier alpha value is -2.14. The molecule has 2 aromatic rings. The van der Waals surface area contributed by atoms with Gasteiger partial charge in [0, 0.05) is 12.1 Å². The summed E-state index contributed by atoms with van der Waals surface area (Å²) >= 11 is 0. The summed E-state index contributed by atoms with van der Waals surface area (Å²) in [5, 5.41) is 12.5. The highest BCUT2D eigenvalue weighted by molar-refractivity contribution is 5.78. The van der Waals surface area contributed by atoms with Gasteiger partial charge in [0.1, 0.15) is 6.26 Å². The van der Waals surface area contributed by atoms with Crippen LogP contribution in [0.4, 0.5) is 0 Å². The summed E-state index contributed by atoms with van der Waals surface area (Å²) in [6.07, 6.45) is 1.79. The highest BCUT2D eigenvalue weighted by Gasteiger charge is 2.12. The van der Waals surface area contributed by atoms with Gasteiger partial charge in [0.2, 0.25) is 11.8 Å². The van der Waals surface area contributed by atoms with E-state index in [4.69, 9.17) is 4.42 Å².